The SMILES string of the molecule is CCNCC(C)(O)COc1ccccc1C. The van der Waals surface area contributed by atoms with Crippen LogP contribution < -0.4 is 10.1 Å². The predicted molar refractivity (Wildman–Crippen MR) is 65.8 cm³/mol. The van der Waals surface area contributed by atoms with Gasteiger partial charge in [0.05, 0.1) is 0 Å². The first-order chi connectivity index (χ1) is 7.55. The van der Waals surface area contributed by atoms with E-state index in [4.69, 9.17) is 4.74 Å². The Balaban J connectivity index is 2.47. The summed E-state index contributed by atoms with van der Waals surface area (Å²) in [6.07, 6.45) is 0. The van der Waals surface area contributed by atoms with Crippen LogP contribution >= 0.6 is 0 Å². The third-order valence-corrected chi connectivity index (χ3v) is 2.39. The maximum atomic E-state index is 10.0. The molecule has 1 aromatic carbocycles. The average molecular weight is 223 g/mol. The van der Waals surface area contributed by atoms with Gasteiger partial charge >= 0.3 is 0 Å². The highest BCUT2D eigenvalue weighted by Crippen LogP contribution is 2.17. The van der Waals surface area contributed by atoms with Gasteiger partial charge in [0, 0.05) is 6.54 Å². The summed E-state index contributed by atoms with van der Waals surface area (Å²) in [7, 11) is 0. The molecule has 0 aliphatic heterocycles. The van der Waals surface area contributed by atoms with E-state index in [9.17, 15) is 5.11 Å². The summed E-state index contributed by atoms with van der Waals surface area (Å²) in [6.45, 7) is 7.46. The monoisotopic (exact) mass is 223 g/mol. The van der Waals surface area contributed by atoms with Crippen molar-refractivity contribution in [2.24, 2.45) is 0 Å². The molecule has 0 aliphatic carbocycles. The van der Waals surface area contributed by atoms with E-state index in [0.717, 1.165) is 17.9 Å². The molecule has 90 valence electrons. The highest BCUT2D eigenvalue weighted by molar-refractivity contribution is 5.31. The summed E-state index contributed by atoms with van der Waals surface area (Å²) in [5, 5.41) is 13.1. The zero-order valence-corrected chi connectivity index (χ0v) is 10.3. The number of para-hydroxylation sites is 1. The van der Waals surface area contributed by atoms with Crippen molar-refractivity contribution in [1.29, 1.82) is 0 Å². The molecule has 0 radical (unpaired) electrons. The number of hydrogen-bond donors (Lipinski definition) is 2. The summed E-state index contributed by atoms with van der Waals surface area (Å²) in [6, 6.07) is 7.81. The van der Waals surface area contributed by atoms with Gasteiger partial charge in [-0.1, -0.05) is 25.1 Å². The van der Waals surface area contributed by atoms with Gasteiger partial charge in [-0.2, -0.15) is 0 Å². The van der Waals surface area contributed by atoms with Gasteiger partial charge in [-0.15, -0.1) is 0 Å². The smallest absolute Gasteiger partial charge is 0.122 e. The molecule has 0 aliphatic rings. The number of ether oxygens (including phenoxy) is 1. The molecule has 0 heterocycles. The van der Waals surface area contributed by atoms with Gasteiger partial charge in [-0.05, 0) is 32.0 Å². The number of benzene rings is 1. The topological polar surface area (TPSA) is 41.5 Å². The molecule has 16 heavy (non-hydrogen) atoms. The van der Waals surface area contributed by atoms with Crippen molar-refractivity contribution in [3.05, 3.63) is 29.8 Å². The van der Waals surface area contributed by atoms with Crippen molar-refractivity contribution in [3.8, 4) is 5.75 Å². The van der Waals surface area contributed by atoms with E-state index in [1.54, 1.807) is 6.92 Å². The number of aliphatic hydroxyl groups is 1. The second-order valence-corrected chi connectivity index (χ2v) is 4.33. The van der Waals surface area contributed by atoms with Gasteiger partial charge in [-0.25, -0.2) is 0 Å². The van der Waals surface area contributed by atoms with Crippen LogP contribution in [0.3, 0.4) is 0 Å². The number of aryl methyl sites for hydroxylation is 1. The first kappa shape index (κ1) is 13.0. The summed E-state index contributed by atoms with van der Waals surface area (Å²) < 4.78 is 5.61. The van der Waals surface area contributed by atoms with Crippen LogP contribution in [-0.2, 0) is 0 Å². The molecule has 2 N–H and O–H groups in total. The fourth-order valence-electron chi connectivity index (χ4n) is 1.40. The zero-order valence-electron chi connectivity index (χ0n) is 10.3. The van der Waals surface area contributed by atoms with Gasteiger partial charge in [0.15, 0.2) is 0 Å². The van der Waals surface area contributed by atoms with Crippen molar-refractivity contribution in [1.82, 2.24) is 5.32 Å². The molecule has 0 bridgehead atoms. The van der Waals surface area contributed by atoms with Crippen LogP contribution in [0.2, 0.25) is 0 Å². The highest BCUT2D eigenvalue weighted by Gasteiger charge is 2.20. The lowest BCUT2D eigenvalue weighted by Crippen LogP contribution is -2.42. The number of rotatable bonds is 6. The molecule has 0 aromatic heterocycles. The number of likely N-dealkylation sites (N-methyl/N-ethyl adjacent to an activating group) is 1. The van der Waals surface area contributed by atoms with Crippen LogP contribution in [0.25, 0.3) is 0 Å². The van der Waals surface area contributed by atoms with E-state index in [0.29, 0.717) is 13.2 Å². The van der Waals surface area contributed by atoms with E-state index in [-0.39, 0.29) is 0 Å². The summed E-state index contributed by atoms with van der Waals surface area (Å²) in [5.74, 6) is 0.833. The minimum atomic E-state index is -0.835. The van der Waals surface area contributed by atoms with Crippen LogP contribution in [0.15, 0.2) is 24.3 Å². The van der Waals surface area contributed by atoms with Crippen LogP contribution in [0.1, 0.15) is 19.4 Å². The van der Waals surface area contributed by atoms with Crippen molar-refractivity contribution >= 4 is 0 Å². The van der Waals surface area contributed by atoms with Crippen LogP contribution in [-0.4, -0.2) is 30.4 Å². The van der Waals surface area contributed by atoms with Gasteiger partial charge in [0.25, 0.3) is 0 Å². The molecular formula is C13H21NO2. The van der Waals surface area contributed by atoms with Gasteiger partial charge in [0.2, 0.25) is 0 Å². The Morgan fingerprint density at radius 3 is 2.69 bits per heavy atom. The summed E-state index contributed by atoms with van der Waals surface area (Å²) in [4.78, 5) is 0. The molecule has 0 fully saturated rings. The van der Waals surface area contributed by atoms with Crippen LogP contribution in [0.4, 0.5) is 0 Å². The van der Waals surface area contributed by atoms with E-state index >= 15 is 0 Å². The second kappa shape index (κ2) is 5.87. The van der Waals surface area contributed by atoms with Gasteiger partial charge in [0.1, 0.15) is 18.0 Å². The molecule has 0 amide bonds. The Kier molecular flexibility index (Phi) is 4.77. The third-order valence-electron chi connectivity index (χ3n) is 2.39. The number of hydrogen-bond acceptors (Lipinski definition) is 3. The Labute approximate surface area is 97.4 Å². The Hall–Kier alpha value is -1.06. The normalized spacial score (nSPS) is 14.5. The second-order valence-electron chi connectivity index (χ2n) is 4.33. The number of nitrogens with one attached hydrogen (secondary N) is 1. The van der Waals surface area contributed by atoms with Crippen molar-refractivity contribution in [2.75, 3.05) is 19.7 Å². The lowest BCUT2D eigenvalue weighted by Gasteiger charge is -2.24. The molecule has 3 heteroatoms. The maximum absolute atomic E-state index is 10.0. The fourth-order valence-corrected chi connectivity index (χ4v) is 1.40. The Morgan fingerprint density at radius 1 is 1.38 bits per heavy atom. The minimum absolute atomic E-state index is 0.296. The standard InChI is InChI=1S/C13H21NO2/c1-4-14-9-13(3,15)10-16-12-8-6-5-7-11(12)2/h5-8,14-15H,4,9-10H2,1-3H3. The predicted octanol–water partition coefficient (Wildman–Crippen LogP) is 1.73. The summed E-state index contributed by atoms with van der Waals surface area (Å²) >= 11 is 0. The molecule has 1 rings (SSSR count). The lowest BCUT2D eigenvalue weighted by molar-refractivity contribution is 0.0125. The van der Waals surface area contributed by atoms with Gasteiger partial charge in [-0.3, -0.25) is 0 Å². The van der Waals surface area contributed by atoms with Crippen LogP contribution in [0, 0.1) is 6.92 Å². The first-order valence-corrected chi connectivity index (χ1v) is 5.67. The Bertz CT molecular complexity index is 323. The molecule has 1 unspecified atom stereocenters. The average Bonchev–Trinajstić information content (AvgIpc) is 2.26. The molecule has 0 spiro atoms. The zero-order chi connectivity index (χ0) is 12.0. The molecule has 1 aromatic rings. The van der Waals surface area contributed by atoms with Gasteiger partial charge < -0.3 is 15.2 Å². The largest absolute Gasteiger partial charge is 0.490 e. The van der Waals surface area contributed by atoms with Crippen LogP contribution in [0.5, 0.6) is 5.75 Å². The first-order valence-electron chi connectivity index (χ1n) is 5.67. The van der Waals surface area contributed by atoms with E-state index in [1.165, 1.54) is 0 Å². The Morgan fingerprint density at radius 2 is 2.06 bits per heavy atom. The molecule has 1 atom stereocenters. The quantitative estimate of drug-likeness (QED) is 0.772. The fraction of sp³-hybridized carbons (Fsp3) is 0.538. The molecule has 0 saturated carbocycles. The molecular weight excluding hydrogens is 202 g/mol. The van der Waals surface area contributed by atoms with Crippen molar-refractivity contribution in [2.45, 2.75) is 26.4 Å². The van der Waals surface area contributed by atoms with Crippen molar-refractivity contribution < 1.29 is 9.84 Å². The van der Waals surface area contributed by atoms with E-state index < -0.39 is 5.60 Å². The van der Waals surface area contributed by atoms with E-state index in [1.807, 2.05) is 38.1 Å². The summed E-state index contributed by atoms with van der Waals surface area (Å²) in [5.41, 5.74) is 0.250. The van der Waals surface area contributed by atoms with Crippen molar-refractivity contribution in [3.63, 3.8) is 0 Å². The minimum Gasteiger partial charge on any atom is -0.490 e. The molecule has 0 saturated heterocycles. The maximum Gasteiger partial charge on any atom is 0.122 e. The third kappa shape index (κ3) is 4.21. The lowest BCUT2D eigenvalue weighted by atomic mass is 10.1. The highest BCUT2D eigenvalue weighted by atomic mass is 16.5. The molecule has 3 nitrogen and oxygen atoms in total. The van der Waals surface area contributed by atoms with E-state index in [2.05, 4.69) is 5.32 Å².